The highest BCUT2D eigenvalue weighted by Gasteiger charge is 2.05. The molecule has 0 aromatic carbocycles. The molecule has 0 aliphatic rings. The molecule has 0 saturated carbocycles. The number of nitrogens with zero attached hydrogens (tertiary/aromatic N) is 2. The molecule has 1 rings (SSSR count). The quantitative estimate of drug-likeness (QED) is 0.654. The Morgan fingerprint density at radius 2 is 2.05 bits per heavy atom. The highest BCUT2D eigenvalue weighted by Crippen LogP contribution is 2.14. The van der Waals surface area contributed by atoms with Gasteiger partial charge in [-0.2, -0.15) is 4.98 Å². The summed E-state index contributed by atoms with van der Waals surface area (Å²) in [6, 6.07) is 1.79. The van der Waals surface area contributed by atoms with E-state index < -0.39 is 0 Å². The van der Waals surface area contributed by atoms with Gasteiger partial charge in [-0.3, -0.25) is 0 Å². The summed E-state index contributed by atoms with van der Waals surface area (Å²) >= 11 is 0. The lowest BCUT2D eigenvalue weighted by atomic mass is 10.4. The lowest BCUT2D eigenvalue weighted by Gasteiger charge is -2.10. The van der Waals surface area contributed by atoms with E-state index in [-0.39, 0.29) is 0 Å². The fourth-order valence-electron chi connectivity index (χ4n) is 1.43. The van der Waals surface area contributed by atoms with Gasteiger partial charge in [0.25, 0.3) is 0 Å². The highest BCUT2D eigenvalue weighted by atomic mass is 16.5. The predicted octanol–water partition coefficient (Wildman–Crippen LogP) is 1.86. The van der Waals surface area contributed by atoms with E-state index in [1.165, 1.54) is 0 Å². The van der Waals surface area contributed by atoms with E-state index in [1.807, 2.05) is 6.92 Å². The van der Waals surface area contributed by atoms with Crippen molar-refractivity contribution < 1.29 is 14.2 Å². The van der Waals surface area contributed by atoms with Gasteiger partial charge in [0.2, 0.25) is 5.88 Å². The first-order valence-electron chi connectivity index (χ1n) is 6.61. The van der Waals surface area contributed by atoms with Gasteiger partial charge in [-0.15, -0.1) is 0 Å². The van der Waals surface area contributed by atoms with Crippen molar-refractivity contribution in [3.63, 3.8) is 0 Å². The SMILES string of the molecule is CCCNc1cc(OCCOCC)nc(COC)n1. The number of nitrogens with one attached hydrogen (secondary N) is 1. The monoisotopic (exact) mass is 269 g/mol. The van der Waals surface area contributed by atoms with Crippen molar-refractivity contribution in [1.29, 1.82) is 0 Å². The van der Waals surface area contributed by atoms with Gasteiger partial charge in [0, 0.05) is 26.3 Å². The first kappa shape index (κ1) is 15.7. The molecule has 0 aliphatic carbocycles. The predicted molar refractivity (Wildman–Crippen MR) is 73.5 cm³/mol. The van der Waals surface area contributed by atoms with Gasteiger partial charge in [-0.25, -0.2) is 4.98 Å². The molecular weight excluding hydrogens is 246 g/mol. The fraction of sp³-hybridized carbons (Fsp3) is 0.692. The van der Waals surface area contributed by atoms with Crippen LogP contribution < -0.4 is 10.1 Å². The number of methoxy groups -OCH3 is 1. The summed E-state index contributed by atoms with van der Waals surface area (Å²) in [5, 5.41) is 3.22. The summed E-state index contributed by atoms with van der Waals surface area (Å²) in [6.45, 7) is 7.00. The average Bonchev–Trinajstić information content (AvgIpc) is 2.42. The van der Waals surface area contributed by atoms with Crippen LogP contribution in [0.2, 0.25) is 0 Å². The van der Waals surface area contributed by atoms with E-state index in [0.29, 0.717) is 38.1 Å². The van der Waals surface area contributed by atoms with Gasteiger partial charge in [-0.1, -0.05) is 6.92 Å². The molecule has 0 radical (unpaired) electrons. The van der Waals surface area contributed by atoms with E-state index in [9.17, 15) is 0 Å². The Balaban J connectivity index is 2.63. The topological polar surface area (TPSA) is 65.5 Å². The molecule has 1 heterocycles. The molecule has 0 unspecified atom stereocenters. The summed E-state index contributed by atoms with van der Waals surface area (Å²) < 4.78 is 15.8. The molecule has 0 amide bonds. The van der Waals surface area contributed by atoms with Crippen molar-refractivity contribution in [2.24, 2.45) is 0 Å². The minimum Gasteiger partial charge on any atom is -0.475 e. The molecule has 108 valence electrons. The molecule has 1 N–H and O–H groups in total. The maximum atomic E-state index is 5.54. The Morgan fingerprint density at radius 3 is 2.74 bits per heavy atom. The van der Waals surface area contributed by atoms with Crippen LogP contribution in [-0.2, 0) is 16.1 Å². The van der Waals surface area contributed by atoms with Crippen molar-refractivity contribution in [2.75, 3.05) is 38.8 Å². The second-order valence-electron chi connectivity index (χ2n) is 3.91. The molecule has 1 aromatic rings. The summed E-state index contributed by atoms with van der Waals surface area (Å²) in [5.74, 6) is 1.91. The van der Waals surface area contributed by atoms with Gasteiger partial charge in [0.05, 0.1) is 6.61 Å². The third-order valence-electron chi connectivity index (χ3n) is 2.26. The number of rotatable bonds is 10. The van der Waals surface area contributed by atoms with E-state index >= 15 is 0 Å². The summed E-state index contributed by atoms with van der Waals surface area (Å²) in [5.41, 5.74) is 0. The van der Waals surface area contributed by atoms with Crippen molar-refractivity contribution in [1.82, 2.24) is 9.97 Å². The number of hydrogen-bond acceptors (Lipinski definition) is 6. The zero-order valence-electron chi connectivity index (χ0n) is 11.9. The zero-order chi connectivity index (χ0) is 13.9. The van der Waals surface area contributed by atoms with Crippen molar-refractivity contribution >= 4 is 5.82 Å². The van der Waals surface area contributed by atoms with Crippen LogP contribution in [0.25, 0.3) is 0 Å². The van der Waals surface area contributed by atoms with Crippen molar-refractivity contribution in [3.8, 4) is 5.88 Å². The first-order chi connectivity index (χ1) is 9.30. The van der Waals surface area contributed by atoms with E-state index in [0.717, 1.165) is 18.8 Å². The summed E-state index contributed by atoms with van der Waals surface area (Å²) in [7, 11) is 1.62. The Bertz CT molecular complexity index is 361. The Hall–Kier alpha value is -1.40. The van der Waals surface area contributed by atoms with Crippen LogP contribution in [-0.4, -0.2) is 43.4 Å². The number of ether oxygens (including phenoxy) is 3. The fourth-order valence-corrected chi connectivity index (χ4v) is 1.43. The molecule has 6 heteroatoms. The van der Waals surface area contributed by atoms with Gasteiger partial charge in [0.15, 0.2) is 5.82 Å². The minimum atomic E-state index is 0.365. The van der Waals surface area contributed by atoms with Crippen LogP contribution in [0.1, 0.15) is 26.1 Å². The van der Waals surface area contributed by atoms with Gasteiger partial charge < -0.3 is 19.5 Å². The van der Waals surface area contributed by atoms with Crippen LogP contribution in [0.15, 0.2) is 6.07 Å². The van der Waals surface area contributed by atoms with Crippen LogP contribution in [0.4, 0.5) is 5.82 Å². The average molecular weight is 269 g/mol. The molecule has 1 aromatic heterocycles. The lowest BCUT2D eigenvalue weighted by molar-refractivity contribution is 0.108. The molecule has 0 spiro atoms. The molecule has 19 heavy (non-hydrogen) atoms. The smallest absolute Gasteiger partial charge is 0.218 e. The molecule has 0 bridgehead atoms. The third-order valence-corrected chi connectivity index (χ3v) is 2.26. The van der Waals surface area contributed by atoms with Gasteiger partial charge in [-0.05, 0) is 13.3 Å². The lowest BCUT2D eigenvalue weighted by Crippen LogP contribution is -2.10. The largest absolute Gasteiger partial charge is 0.475 e. The zero-order valence-corrected chi connectivity index (χ0v) is 11.9. The number of hydrogen-bond donors (Lipinski definition) is 1. The van der Waals surface area contributed by atoms with Crippen molar-refractivity contribution in [3.05, 3.63) is 11.9 Å². The minimum absolute atomic E-state index is 0.365. The van der Waals surface area contributed by atoms with Crippen LogP contribution in [0.3, 0.4) is 0 Å². The molecular formula is C13H23N3O3. The number of anilines is 1. The molecule has 6 nitrogen and oxygen atoms in total. The van der Waals surface area contributed by atoms with Crippen LogP contribution in [0, 0.1) is 0 Å². The third kappa shape index (κ3) is 6.35. The second kappa shape index (κ2) is 9.52. The maximum absolute atomic E-state index is 5.54. The van der Waals surface area contributed by atoms with Crippen LogP contribution >= 0.6 is 0 Å². The molecule has 0 fully saturated rings. The van der Waals surface area contributed by atoms with E-state index in [4.69, 9.17) is 14.2 Å². The Morgan fingerprint density at radius 1 is 1.21 bits per heavy atom. The molecule has 0 aliphatic heterocycles. The highest BCUT2D eigenvalue weighted by molar-refractivity contribution is 5.38. The maximum Gasteiger partial charge on any atom is 0.218 e. The van der Waals surface area contributed by atoms with E-state index in [2.05, 4.69) is 22.2 Å². The summed E-state index contributed by atoms with van der Waals surface area (Å²) in [4.78, 5) is 8.62. The number of aromatic nitrogens is 2. The van der Waals surface area contributed by atoms with Crippen molar-refractivity contribution in [2.45, 2.75) is 26.9 Å². The van der Waals surface area contributed by atoms with E-state index in [1.54, 1.807) is 13.2 Å². The second-order valence-corrected chi connectivity index (χ2v) is 3.91. The van der Waals surface area contributed by atoms with Gasteiger partial charge >= 0.3 is 0 Å². The normalized spacial score (nSPS) is 10.5. The molecule has 0 saturated heterocycles. The Kier molecular flexibility index (Phi) is 7.84. The Labute approximate surface area is 114 Å². The van der Waals surface area contributed by atoms with Gasteiger partial charge in [0.1, 0.15) is 19.0 Å². The molecule has 0 atom stereocenters. The van der Waals surface area contributed by atoms with Crippen LogP contribution in [0.5, 0.6) is 5.88 Å². The first-order valence-corrected chi connectivity index (χ1v) is 6.61. The summed E-state index contributed by atoms with van der Waals surface area (Å²) in [6.07, 6.45) is 1.03. The standard InChI is InChI=1S/C13H23N3O3/c1-4-6-14-11-9-13(19-8-7-18-5-2)16-12(15-11)10-17-3/h9H,4-8,10H2,1-3H3,(H,14,15,16).